The average molecular weight is 1660 g/mol. The van der Waals surface area contributed by atoms with E-state index in [9.17, 15) is 64.7 Å². The highest BCUT2D eigenvalue weighted by atomic mass is 35.5. The van der Waals surface area contributed by atoms with Crippen molar-refractivity contribution < 1.29 is 84.4 Å². The van der Waals surface area contributed by atoms with Crippen LogP contribution in [0.1, 0.15) is 165 Å². The fourth-order valence-electron chi connectivity index (χ4n) is 10.9. The number of carboxylic acid groups (broad SMARTS) is 2. The van der Waals surface area contributed by atoms with Gasteiger partial charge in [0.2, 0.25) is 5.91 Å². The predicted molar refractivity (Wildman–Crippen MR) is 408 cm³/mol. The summed E-state index contributed by atoms with van der Waals surface area (Å²) < 4.78 is 85.7. The number of anilines is 6. The van der Waals surface area contributed by atoms with E-state index in [2.05, 4.69) is 55.8 Å². The fourth-order valence-corrected chi connectivity index (χ4v) is 11.7. The van der Waals surface area contributed by atoms with E-state index in [-0.39, 0.29) is 144 Å². The zero-order valence-electron chi connectivity index (χ0n) is 62.1. The van der Waals surface area contributed by atoms with Gasteiger partial charge in [-0.2, -0.15) is 26.3 Å². The molecular weight excluding hydrogens is 1570 g/mol. The monoisotopic (exact) mass is 1660 g/mol. The van der Waals surface area contributed by atoms with Crippen molar-refractivity contribution in [2.75, 3.05) is 99.0 Å². The van der Waals surface area contributed by atoms with E-state index in [1.54, 1.807) is 14.7 Å². The molecule has 0 saturated carbocycles. The number of nitrogen functional groups attached to an aromatic ring is 4. The standard InChI is InChI=1S/C20H21ClF3N5O2.C16H23ClN4O3.C11H15ClN4O.C10H20N2O2.C9H8F3NO2.C5H4ClN3O2/c21-17-18(27-11-28-19(17)25)15(30)8-12-4-6-29(7-5-12)16(31)10-26-14-3-1-2-13(9-14)20(22,23)24;1-16(2,3)24-15(23)21-6-4-10(5-7-21)8-11(22)13-12(17)14(18)20-9-19-13;12-9-10(15-6-16-11(9)13)8(17)5-7-1-3-14-4-2-7;1-10(2,3)14-9(13)12-6-4-8(11)5-7-12;10-9(11,12)6-2-1-3-7(4-6)13-5-8(14)15;6-2-3(5(10)11)8-1-9-4(2)7/h1-3,9,11-12,26H,4-8,10H2,(H2,25,27,28);9-10H,4-8H2,1-3H3,(H2,18,19,20);6-7,14H,1-5H2,(H2,13,15,16);8H,4-7,11H2,1-3H3;1-4,13H,5H2,(H,14,15);1H,(H,10,11)(H2,7,8,9). The van der Waals surface area contributed by atoms with Gasteiger partial charge in [-0.3, -0.25) is 24.0 Å². The summed E-state index contributed by atoms with van der Waals surface area (Å²) in [5, 5.41) is 25.3. The molecule has 15 N–H and O–H groups in total. The van der Waals surface area contributed by atoms with Gasteiger partial charge in [0.1, 0.15) is 103 Å². The fraction of sp³-hybridized carbons (Fsp3) is 0.493. The van der Waals surface area contributed by atoms with Crippen molar-refractivity contribution in [2.24, 2.45) is 23.5 Å². The van der Waals surface area contributed by atoms with Gasteiger partial charge in [-0.15, -0.1) is 0 Å². The van der Waals surface area contributed by atoms with Gasteiger partial charge in [-0.1, -0.05) is 58.5 Å². The number of nitrogens with zero attached hydrogens (tertiary/aromatic N) is 11. The molecule has 4 aliphatic heterocycles. The number of hydrogen-bond donors (Lipinski definition) is 10. The van der Waals surface area contributed by atoms with Crippen molar-refractivity contribution in [3.05, 3.63) is 128 Å². The average Bonchev–Trinajstić information content (AvgIpc) is 0.840. The van der Waals surface area contributed by atoms with Crippen LogP contribution in [-0.4, -0.2) is 195 Å². The van der Waals surface area contributed by atoms with Crippen LogP contribution in [0.4, 0.5) is 70.6 Å². The number of aromatic carboxylic acids is 1. The number of Topliss-reactive ketones (excluding diaryl/α,β-unsaturated/α-hetero) is 3. The van der Waals surface area contributed by atoms with E-state index in [1.165, 1.54) is 43.2 Å². The number of ketones is 3. The molecule has 0 spiro atoms. The molecule has 6 aromatic rings. The molecule has 41 heteroatoms. The lowest BCUT2D eigenvalue weighted by molar-refractivity contribution is -0.138. The summed E-state index contributed by atoms with van der Waals surface area (Å²) in [6, 6.07) is 9.33. The summed E-state index contributed by atoms with van der Waals surface area (Å²) in [7, 11) is 0. The maximum absolute atomic E-state index is 12.8. The molecule has 0 unspecified atom stereocenters. The molecule has 0 aliphatic carbocycles. The molecule has 2 aromatic carbocycles. The van der Waals surface area contributed by atoms with Crippen LogP contribution in [0.15, 0.2) is 73.8 Å². The largest absolute Gasteiger partial charge is 0.480 e. The molecule has 0 radical (unpaired) electrons. The third kappa shape index (κ3) is 31.7. The van der Waals surface area contributed by atoms with Gasteiger partial charge in [-0.25, -0.2) is 54.3 Å². The molecule has 112 heavy (non-hydrogen) atoms. The van der Waals surface area contributed by atoms with Gasteiger partial charge in [0.25, 0.3) is 0 Å². The molecule has 4 fully saturated rings. The van der Waals surface area contributed by atoms with E-state index >= 15 is 0 Å². The number of likely N-dealkylation sites (tertiary alicyclic amines) is 3. The second-order valence-electron chi connectivity index (χ2n) is 27.9. The van der Waals surface area contributed by atoms with Crippen LogP contribution in [-0.2, 0) is 31.4 Å². The zero-order valence-corrected chi connectivity index (χ0v) is 65.2. The highest BCUT2D eigenvalue weighted by Crippen LogP contribution is 2.34. The molecule has 4 aromatic heterocycles. The van der Waals surface area contributed by atoms with Crippen molar-refractivity contribution in [3.8, 4) is 0 Å². The number of carboxylic acids is 2. The number of hydrogen-bond acceptors (Lipinski definition) is 26. The number of rotatable bonds is 16. The molecule has 4 saturated heterocycles. The lowest BCUT2D eigenvalue weighted by Gasteiger charge is -2.33. The second kappa shape index (κ2) is 43.3. The number of halogens is 10. The maximum atomic E-state index is 12.8. The number of ether oxygens (including phenoxy) is 2. The van der Waals surface area contributed by atoms with Gasteiger partial charge >= 0.3 is 36.5 Å². The molecule has 0 bridgehead atoms. The minimum Gasteiger partial charge on any atom is -0.480 e. The Labute approximate surface area is 661 Å². The van der Waals surface area contributed by atoms with Crippen LogP contribution in [0.25, 0.3) is 0 Å². The normalized spacial score (nSPS) is 15.1. The number of piperidine rings is 4. The zero-order chi connectivity index (χ0) is 83.4. The summed E-state index contributed by atoms with van der Waals surface area (Å²) in [6.45, 7) is 16.1. The SMILES string of the molecule is CC(C)(C)OC(=O)N1CCC(CC(=O)c2ncnc(N)c2Cl)CC1.CC(C)(C)OC(=O)N1CCC(N)CC1.Nc1ncnc(C(=O)CC2CCN(C(=O)CNc3cccc(C(F)(F)F)c3)CC2)c1Cl.Nc1ncnc(C(=O)CC2CCNCC2)c1Cl.Nc1ncnc(C(=O)O)c1Cl.O=C(O)CNc1cccc(C(F)(F)F)c1. The van der Waals surface area contributed by atoms with Gasteiger partial charge in [0.15, 0.2) is 23.0 Å². The third-order valence-electron chi connectivity index (χ3n) is 16.8. The van der Waals surface area contributed by atoms with Crippen LogP contribution in [0.5, 0.6) is 0 Å². The Morgan fingerprint density at radius 3 is 1.11 bits per heavy atom. The summed E-state index contributed by atoms with van der Waals surface area (Å²) in [6.07, 6.45) is 2.93. The Morgan fingerprint density at radius 2 is 0.786 bits per heavy atom. The predicted octanol–water partition coefficient (Wildman–Crippen LogP) is 11.8. The summed E-state index contributed by atoms with van der Waals surface area (Å²) >= 11 is 23.4. The van der Waals surface area contributed by atoms with Crippen molar-refractivity contribution in [1.82, 2.24) is 59.9 Å². The Kier molecular flexibility index (Phi) is 35.9. The molecule has 8 heterocycles. The number of nitrogens with one attached hydrogen (secondary N) is 3. The smallest absolute Gasteiger partial charge is 0.416 e. The molecule has 4 aliphatic rings. The lowest BCUT2D eigenvalue weighted by Crippen LogP contribution is -2.44. The Hall–Kier alpha value is -9.82. The van der Waals surface area contributed by atoms with Crippen LogP contribution in [0.2, 0.25) is 20.1 Å². The van der Waals surface area contributed by atoms with Gasteiger partial charge in [0.05, 0.1) is 17.7 Å². The minimum absolute atomic E-state index is 0.0286. The first-order valence-electron chi connectivity index (χ1n) is 35.0. The number of alkyl halides is 6. The molecule has 0 atom stereocenters. The van der Waals surface area contributed by atoms with Gasteiger partial charge in [0, 0.05) is 75.9 Å². The Balaban J connectivity index is 0.000000249. The summed E-state index contributed by atoms with van der Waals surface area (Å²) in [5.41, 5.74) is 25.8. The van der Waals surface area contributed by atoms with Crippen LogP contribution < -0.4 is 44.6 Å². The van der Waals surface area contributed by atoms with E-state index in [1.807, 2.05) is 41.5 Å². The van der Waals surface area contributed by atoms with Gasteiger partial charge in [-0.05, 0) is 160 Å². The van der Waals surface area contributed by atoms with Crippen LogP contribution >= 0.6 is 46.4 Å². The number of carbonyl (C=O) groups excluding carboxylic acids is 6. The Morgan fingerprint density at radius 1 is 0.473 bits per heavy atom. The van der Waals surface area contributed by atoms with E-state index in [0.29, 0.717) is 57.8 Å². The molecule has 10 rings (SSSR count). The number of benzene rings is 2. The van der Waals surface area contributed by atoms with Crippen molar-refractivity contribution in [3.63, 3.8) is 0 Å². The van der Waals surface area contributed by atoms with Crippen molar-refractivity contribution in [2.45, 2.75) is 142 Å². The van der Waals surface area contributed by atoms with Crippen LogP contribution in [0.3, 0.4) is 0 Å². The van der Waals surface area contributed by atoms with E-state index in [0.717, 1.165) is 95.3 Å². The lowest BCUT2D eigenvalue weighted by atomic mass is 9.91. The Bertz CT molecular complexity index is 4170. The van der Waals surface area contributed by atoms with E-state index in [4.69, 9.17) is 94.8 Å². The number of aliphatic carboxylic acids is 1. The second-order valence-corrected chi connectivity index (χ2v) is 29.4. The summed E-state index contributed by atoms with van der Waals surface area (Å²) in [5.74, 6) is -2.03. The minimum atomic E-state index is -4.44. The first-order valence-corrected chi connectivity index (χ1v) is 36.5. The molecule has 31 nitrogen and oxygen atoms in total. The van der Waals surface area contributed by atoms with Crippen molar-refractivity contribution >= 4 is 128 Å². The number of carbonyl (C=O) groups is 8. The molecular formula is C71H91Cl4F6N19O12. The quantitative estimate of drug-likeness (QED) is 0.0318. The number of nitrogens with two attached hydrogens (primary N) is 5. The first kappa shape index (κ1) is 92.8. The van der Waals surface area contributed by atoms with Gasteiger partial charge < -0.3 is 79.0 Å². The van der Waals surface area contributed by atoms with Crippen molar-refractivity contribution in [1.29, 1.82) is 0 Å². The third-order valence-corrected chi connectivity index (χ3v) is 18.3. The van der Waals surface area contributed by atoms with Crippen LogP contribution in [0, 0.1) is 17.8 Å². The number of aromatic nitrogens is 8. The topological polar surface area (TPSA) is 475 Å². The molecule has 612 valence electrons. The highest BCUT2D eigenvalue weighted by molar-refractivity contribution is 6.37. The molecule has 3 amide bonds. The summed E-state index contributed by atoms with van der Waals surface area (Å²) in [4.78, 5) is 128. The van der Waals surface area contributed by atoms with E-state index < -0.39 is 53.2 Å². The maximum Gasteiger partial charge on any atom is 0.416 e. The highest BCUT2D eigenvalue weighted by Gasteiger charge is 2.34. The number of amides is 3. The first-order chi connectivity index (χ1) is 52.4.